The quantitative estimate of drug-likeness (QED) is 0.561. The van der Waals surface area contributed by atoms with Crippen molar-refractivity contribution in [2.24, 2.45) is 0 Å². The van der Waals surface area contributed by atoms with Gasteiger partial charge in [0, 0.05) is 0 Å². The minimum atomic E-state index is -0.291. The van der Waals surface area contributed by atoms with Crippen LogP contribution in [-0.4, -0.2) is 34.9 Å². The van der Waals surface area contributed by atoms with E-state index in [0.717, 1.165) is 83.9 Å². The summed E-state index contributed by atoms with van der Waals surface area (Å²) in [6.07, 6.45) is 6.00. The number of benzene rings is 1. The van der Waals surface area contributed by atoms with Crippen LogP contribution in [0.2, 0.25) is 0 Å². The number of nitriles is 1. The molecule has 125 valence electrons. The SMILES string of the molecule is C=C(Nc1ccc(C2(C#N)CCCC2)cc1)c1cccnc1N[CH2][Pb]. The van der Waals surface area contributed by atoms with Gasteiger partial charge in [-0.15, -0.1) is 0 Å². The van der Waals surface area contributed by atoms with Gasteiger partial charge in [-0.3, -0.25) is 0 Å². The Labute approximate surface area is 165 Å². The number of nitrogens with one attached hydrogen (secondary N) is 2. The van der Waals surface area contributed by atoms with Crippen LogP contribution in [0.15, 0.2) is 49.2 Å². The second kappa shape index (κ2) is 8.00. The van der Waals surface area contributed by atoms with Gasteiger partial charge in [-0.1, -0.05) is 12.8 Å². The maximum atomic E-state index is 9.62. The predicted molar refractivity (Wildman–Crippen MR) is 103 cm³/mol. The van der Waals surface area contributed by atoms with Gasteiger partial charge in [0.15, 0.2) is 0 Å². The Morgan fingerprint density at radius 1 is 1.24 bits per heavy atom. The van der Waals surface area contributed by atoms with Crippen molar-refractivity contribution in [1.29, 1.82) is 5.26 Å². The second-order valence-corrected chi connectivity index (χ2v) is 7.71. The Kier molecular flexibility index (Phi) is 5.74. The molecule has 1 aromatic heterocycles. The van der Waals surface area contributed by atoms with Gasteiger partial charge in [0.2, 0.25) is 0 Å². The van der Waals surface area contributed by atoms with Crippen molar-refractivity contribution in [3.8, 4) is 6.07 Å². The summed E-state index contributed by atoms with van der Waals surface area (Å²) in [6, 6.07) is 14.7. The average Bonchev–Trinajstić information content (AvgIpc) is 3.13. The number of hydrogen-bond acceptors (Lipinski definition) is 4. The van der Waals surface area contributed by atoms with Gasteiger partial charge in [-0.2, -0.15) is 5.26 Å². The Morgan fingerprint density at radius 2 is 1.96 bits per heavy atom. The molecule has 3 radical (unpaired) electrons. The van der Waals surface area contributed by atoms with E-state index >= 15 is 0 Å². The van der Waals surface area contributed by atoms with Crippen molar-refractivity contribution < 1.29 is 0 Å². The standard InChI is InChI=1S/C20H21N4.Pb/c1-15(18-6-5-13-23-19(18)22-2)24-17-9-7-16(8-10-17)20(14-21)11-3-4-12-20;/h5-10,13,24H,1-4,11-12H2,(H,22,23);. The molecule has 1 heterocycles. The molecule has 0 amide bonds. The van der Waals surface area contributed by atoms with E-state index in [9.17, 15) is 5.26 Å². The molecule has 3 rings (SSSR count). The molecule has 1 aliphatic rings. The number of hydrogen-bond donors (Lipinski definition) is 2. The molecule has 0 saturated heterocycles. The first kappa shape index (κ1) is 17.9. The first-order valence-corrected chi connectivity index (χ1v) is 11.2. The molecule has 1 saturated carbocycles. The van der Waals surface area contributed by atoms with E-state index in [-0.39, 0.29) is 5.41 Å². The van der Waals surface area contributed by atoms with Crippen molar-refractivity contribution in [2.45, 2.75) is 31.1 Å². The Morgan fingerprint density at radius 3 is 2.60 bits per heavy atom. The van der Waals surface area contributed by atoms with Crippen LogP contribution in [0, 0.1) is 11.3 Å². The van der Waals surface area contributed by atoms with E-state index in [0.29, 0.717) is 0 Å². The minimum absolute atomic E-state index is 0.291. The first-order valence-electron chi connectivity index (χ1n) is 8.50. The zero-order valence-electron chi connectivity index (χ0n) is 14.2. The van der Waals surface area contributed by atoms with Crippen LogP contribution in [0.4, 0.5) is 11.5 Å². The Bertz CT molecular complexity index is 786. The molecule has 1 aromatic carbocycles. The van der Waals surface area contributed by atoms with Crippen molar-refractivity contribution >= 4 is 43.0 Å². The van der Waals surface area contributed by atoms with Gasteiger partial charge in [0.25, 0.3) is 0 Å². The molecule has 2 N–H and O–H groups in total. The maximum absolute atomic E-state index is 9.62. The average molecular weight is 525 g/mol. The number of pyridine rings is 1. The van der Waals surface area contributed by atoms with E-state index in [1.807, 2.05) is 24.3 Å². The van der Waals surface area contributed by atoms with E-state index in [4.69, 9.17) is 0 Å². The van der Waals surface area contributed by atoms with Crippen LogP contribution < -0.4 is 10.6 Å². The van der Waals surface area contributed by atoms with Gasteiger partial charge in [0.1, 0.15) is 0 Å². The van der Waals surface area contributed by atoms with Gasteiger partial charge < -0.3 is 0 Å². The number of anilines is 2. The summed E-state index contributed by atoms with van der Waals surface area (Å²) in [5.74, 6) is 0.862. The molecule has 2 aromatic rings. The van der Waals surface area contributed by atoms with E-state index in [1.165, 1.54) is 0 Å². The summed E-state index contributed by atoms with van der Waals surface area (Å²) in [7, 11) is 0. The monoisotopic (exact) mass is 525 g/mol. The summed E-state index contributed by atoms with van der Waals surface area (Å²) in [4.78, 5) is 4.39. The summed E-state index contributed by atoms with van der Waals surface area (Å²) in [5.41, 5.74) is 3.60. The zero-order chi connectivity index (χ0) is 17.7. The molecule has 5 heteroatoms. The number of nitrogens with zero attached hydrogens (tertiary/aromatic N) is 2. The normalized spacial score (nSPS) is 15.4. The summed E-state index contributed by atoms with van der Waals surface area (Å²) in [5, 5.41) is 16.3. The zero-order valence-corrected chi connectivity index (χ0v) is 18.1. The Balaban J connectivity index is 1.76. The first-order chi connectivity index (χ1) is 12.2. The van der Waals surface area contributed by atoms with Gasteiger partial charge in [-0.25, -0.2) is 0 Å². The molecule has 0 unspecified atom stereocenters. The van der Waals surface area contributed by atoms with Crippen LogP contribution >= 0.6 is 0 Å². The van der Waals surface area contributed by atoms with Crippen LogP contribution in [-0.2, 0) is 5.41 Å². The van der Waals surface area contributed by atoms with Crippen molar-refractivity contribution in [1.82, 2.24) is 4.98 Å². The van der Waals surface area contributed by atoms with Gasteiger partial charge in [0.05, 0.1) is 0 Å². The molecular formula is C20H21N4Pb. The van der Waals surface area contributed by atoms with Crippen molar-refractivity contribution in [3.63, 3.8) is 0 Å². The number of aromatic nitrogens is 1. The molecule has 0 bridgehead atoms. The van der Waals surface area contributed by atoms with Gasteiger partial charge >= 0.3 is 147 Å². The molecule has 0 spiro atoms. The summed E-state index contributed by atoms with van der Waals surface area (Å²) >= 11 is 1.07. The predicted octanol–water partition coefficient (Wildman–Crippen LogP) is 4.04. The third kappa shape index (κ3) is 3.87. The van der Waals surface area contributed by atoms with Crippen molar-refractivity contribution in [2.75, 3.05) is 14.7 Å². The van der Waals surface area contributed by atoms with E-state index in [1.54, 1.807) is 6.20 Å². The van der Waals surface area contributed by atoms with Crippen LogP contribution in [0.5, 0.6) is 0 Å². The number of rotatable bonds is 6. The summed E-state index contributed by atoms with van der Waals surface area (Å²) < 4.78 is 0.947. The second-order valence-electron chi connectivity index (χ2n) is 6.34. The topological polar surface area (TPSA) is 60.7 Å². The third-order valence-electron chi connectivity index (χ3n) is 4.79. The molecule has 1 fully saturated rings. The molecular weight excluding hydrogens is 503 g/mol. The fraction of sp³-hybridized carbons (Fsp3) is 0.300. The van der Waals surface area contributed by atoms with E-state index < -0.39 is 0 Å². The fourth-order valence-corrected chi connectivity index (χ4v) is 4.08. The molecule has 25 heavy (non-hydrogen) atoms. The molecule has 0 aliphatic heterocycles. The van der Waals surface area contributed by atoms with E-state index in [2.05, 4.69) is 40.4 Å². The van der Waals surface area contributed by atoms with Crippen LogP contribution in [0.1, 0.15) is 36.8 Å². The molecule has 1 aliphatic carbocycles. The fourth-order valence-electron chi connectivity index (χ4n) is 3.43. The third-order valence-corrected chi connectivity index (χ3v) is 5.48. The summed E-state index contributed by atoms with van der Waals surface area (Å²) in [6.45, 7) is 4.16. The van der Waals surface area contributed by atoms with Gasteiger partial charge in [-0.05, 0) is 0 Å². The molecule has 0 atom stereocenters. The van der Waals surface area contributed by atoms with Crippen LogP contribution in [0.3, 0.4) is 0 Å². The van der Waals surface area contributed by atoms with Crippen molar-refractivity contribution in [3.05, 3.63) is 60.3 Å². The molecule has 4 nitrogen and oxygen atoms in total. The Hall–Kier alpha value is -1.88. The van der Waals surface area contributed by atoms with Crippen LogP contribution in [0.25, 0.3) is 5.70 Å².